The second-order valence-electron chi connectivity index (χ2n) is 5.05. The van der Waals surface area contributed by atoms with Gasteiger partial charge < -0.3 is 9.64 Å². The summed E-state index contributed by atoms with van der Waals surface area (Å²) in [7, 11) is 0. The van der Waals surface area contributed by atoms with Crippen LogP contribution in [0.4, 0.5) is 0 Å². The molecule has 0 bridgehead atoms. The largest absolute Gasteiger partial charge is 0.378 e. The van der Waals surface area contributed by atoms with Gasteiger partial charge in [0.25, 0.3) is 5.91 Å². The molecule has 0 aliphatic carbocycles. The summed E-state index contributed by atoms with van der Waals surface area (Å²) in [5.74, 6) is 0.887. The molecule has 116 valence electrons. The first-order valence-corrected chi connectivity index (χ1v) is 9.10. The zero-order chi connectivity index (χ0) is 15.4. The summed E-state index contributed by atoms with van der Waals surface area (Å²) in [6.07, 6.45) is 0. The average Bonchev–Trinajstić information content (AvgIpc) is 2.99. The van der Waals surface area contributed by atoms with Crippen molar-refractivity contribution in [1.82, 2.24) is 9.88 Å². The Labute approximate surface area is 138 Å². The number of aromatic nitrogens is 1. The van der Waals surface area contributed by atoms with Crippen LogP contribution in [0.25, 0.3) is 0 Å². The SMILES string of the molecule is Cc1nc(CSc2ccccc2C(=O)N2CCOCC2)cs1. The Bertz CT molecular complexity index is 651. The van der Waals surface area contributed by atoms with Crippen LogP contribution in [0.1, 0.15) is 21.1 Å². The maximum atomic E-state index is 12.7. The molecule has 6 heteroatoms. The lowest BCUT2D eigenvalue weighted by Gasteiger charge is -2.27. The lowest BCUT2D eigenvalue weighted by atomic mass is 10.2. The highest BCUT2D eigenvalue weighted by Gasteiger charge is 2.20. The molecule has 0 saturated carbocycles. The van der Waals surface area contributed by atoms with Gasteiger partial charge >= 0.3 is 0 Å². The first-order chi connectivity index (χ1) is 10.7. The smallest absolute Gasteiger partial charge is 0.255 e. The predicted octanol–water partition coefficient (Wildman–Crippen LogP) is 3.22. The summed E-state index contributed by atoms with van der Waals surface area (Å²) in [5, 5.41) is 3.16. The van der Waals surface area contributed by atoms with Crippen molar-refractivity contribution in [3.63, 3.8) is 0 Å². The Morgan fingerprint density at radius 1 is 1.36 bits per heavy atom. The minimum Gasteiger partial charge on any atom is -0.378 e. The minimum absolute atomic E-state index is 0.0980. The Morgan fingerprint density at radius 2 is 2.14 bits per heavy atom. The number of amides is 1. The van der Waals surface area contributed by atoms with Crippen molar-refractivity contribution in [3.05, 3.63) is 45.9 Å². The van der Waals surface area contributed by atoms with Crippen LogP contribution >= 0.6 is 23.1 Å². The van der Waals surface area contributed by atoms with Crippen molar-refractivity contribution in [2.75, 3.05) is 26.3 Å². The average molecular weight is 334 g/mol. The summed E-state index contributed by atoms with van der Waals surface area (Å²) in [6, 6.07) is 7.82. The summed E-state index contributed by atoms with van der Waals surface area (Å²) >= 11 is 3.33. The predicted molar refractivity (Wildman–Crippen MR) is 89.6 cm³/mol. The highest BCUT2D eigenvalue weighted by atomic mass is 32.2. The minimum atomic E-state index is 0.0980. The van der Waals surface area contributed by atoms with E-state index >= 15 is 0 Å². The van der Waals surface area contributed by atoms with Crippen LogP contribution in [-0.2, 0) is 10.5 Å². The first kappa shape index (κ1) is 15.5. The second kappa shape index (κ2) is 7.26. The van der Waals surface area contributed by atoms with E-state index in [0.717, 1.165) is 26.9 Å². The third kappa shape index (κ3) is 3.69. The molecule has 3 rings (SSSR count). The van der Waals surface area contributed by atoms with Gasteiger partial charge in [0.15, 0.2) is 0 Å². The van der Waals surface area contributed by atoms with E-state index in [4.69, 9.17) is 4.74 Å². The molecular weight excluding hydrogens is 316 g/mol. The molecule has 22 heavy (non-hydrogen) atoms. The summed E-state index contributed by atoms with van der Waals surface area (Å²) < 4.78 is 5.32. The van der Waals surface area contributed by atoms with E-state index in [1.54, 1.807) is 23.1 Å². The van der Waals surface area contributed by atoms with Crippen molar-refractivity contribution >= 4 is 29.0 Å². The van der Waals surface area contributed by atoms with E-state index in [-0.39, 0.29) is 5.91 Å². The number of benzene rings is 1. The number of hydrogen-bond acceptors (Lipinski definition) is 5. The van der Waals surface area contributed by atoms with Crippen molar-refractivity contribution in [3.8, 4) is 0 Å². The molecule has 4 nitrogen and oxygen atoms in total. The molecule has 0 N–H and O–H groups in total. The molecule has 2 aromatic rings. The van der Waals surface area contributed by atoms with Gasteiger partial charge in [0, 0.05) is 29.1 Å². The normalized spacial score (nSPS) is 15.0. The summed E-state index contributed by atoms with van der Waals surface area (Å²) in [4.78, 5) is 20.0. The van der Waals surface area contributed by atoms with Gasteiger partial charge in [-0.05, 0) is 19.1 Å². The number of rotatable bonds is 4. The number of carbonyl (C=O) groups excluding carboxylic acids is 1. The zero-order valence-electron chi connectivity index (χ0n) is 12.4. The maximum absolute atomic E-state index is 12.7. The summed E-state index contributed by atoms with van der Waals surface area (Å²) in [6.45, 7) is 4.60. The molecular formula is C16H18N2O2S2. The van der Waals surface area contributed by atoms with Gasteiger partial charge in [-0.2, -0.15) is 0 Å². The molecule has 1 fully saturated rings. The zero-order valence-corrected chi connectivity index (χ0v) is 14.1. The number of nitrogens with zero attached hydrogens (tertiary/aromatic N) is 2. The van der Waals surface area contributed by atoms with Gasteiger partial charge in [-0.3, -0.25) is 4.79 Å². The van der Waals surface area contributed by atoms with Crippen LogP contribution in [0.15, 0.2) is 34.5 Å². The van der Waals surface area contributed by atoms with Crippen molar-refractivity contribution in [2.45, 2.75) is 17.6 Å². The molecule has 1 amide bonds. The molecule has 0 unspecified atom stereocenters. The van der Waals surface area contributed by atoms with E-state index in [1.165, 1.54) is 0 Å². The van der Waals surface area contributed by atoms with Gasteiger partial charge in [-0.1, -0.05) is 12.1 Å². The number of thioether (sulfide) groups is 1. The van der Waals surface area contributed by atoms with E-state index in [2.05, 4.69) is 10.4 Å². The van der Waals surface area contributed by atoms with E-state index in [1.807, 2.05) is 36.1 Å². The molecule has 0 spiro atoms. The maximum Gasteiger partial charge on any atom is 0.255 e. The highest BCUT2D eigenvalue weighted by molar-refractivity contribution is 7.98. The third-order valence-electron chi connectivity index (χ3n) is 3.46. The van der Waals surface area contributed by atoms with Crippen LogP contribution in [0.2, 0.25) is 0 Å². The molecule has 1 aromatic heterocycles. The van der Waals surface area contributed by atoms with Gasteiger partial charge in [-0.25, -0.2) is 4.98 Å². The monoisotopic (exact) mass is 334 g/mol. The van der Waals surface area contributed by atoms with Crippen LogP contribution in [-0.4, -0.2) is 42.1 Å². The van der Waals surface area contributed by atoms with Crippen molar-refractivity contribution in [1.29, 1.82) is 0 Å². The molecule has 0 atom stereocenters. The fourth-order valence-corrected chi connectivity index (χ4v) is 3.99. The van der Waals surface area contributed by atoms with Gasteiger partial charge in [0.05, 0.1) is 29.5 Å². The fraction of sp³-hybridized carbons (Fsp3) is 0.375. The Morgan fingerprint density at radius 3 is 2.86 bits per heavy atom. The number of morpholine rings is 1. The number of aryl methyl sites for hydroxylation is 1. The lowest BCUT2D eigenvalue weighted by Crippen LogP contribution is -2.40. The van der Waals surface area contributed by atoms with Crippen molar-refractivity contribution < 1.29 is 9.53 Å². The Kier molecular flexibility index (Phi) is 5.12. The van der Waals surface area contributed by atoms with E-state index < -0.39 is 0 Å². The first-order valence-electron chi connectivity index (χ1n) is 7.24. The lowest BCUT2D eigenvalue weighted by molar-refractivity contribution is 0.0300. The number of hydrogen-bond donors (Lipinski definition) is 0. The van der Waals surface area contributed by atoms with Crippen molar-refractivity contribution in [2.24, 2.45) is 0 Å². The quantitative estimate of drug-likeness (QED) is 0.805. The standard InChI is InChI=1S/C16H18N2O2S2/c1-12-17-13(10-21-12)11-22-15-5-3-2-4-14(15)16(19)18-6-8-20-9-7-18/h2-5,10H,6-9,11H2,1H3. The van der Waals surface area contributed by atoms with Crippen LogP contribution < -0.4 is 0 Å². The van der Waals surface area contributed by atoms with Gasteiger partial charge in [-0.15, -0.1) is 23.1 Å². The van der Waals surface area contributed by atoms with E-state index in [0.29, 0.717) is 26.3 Å². The number of carbonyl (C=O) groups is 1. The molecule has 0 radical (unpaired) electrons. The number of ether oxygens (including phenoxy) is 1. The molecule has 1 saturated heterocycles. The fourth-order valence-electron chi connectivity index (χ4n) is 2.33. The number of thiazole rings is 1. The Balaban J connectivity index is 1.72. The summed E-state index contributed by atoms with van der Waals surface area (Å²) in [5.41, 5.74) is 1.85. The Hall–Kier alpha value is -1.37. The van der Waals surface area contributed by atoms with Crippen LogP contribution in [0.5, 0.6) is 0 Å². The van der Waals surface area contributed by atoms with Gasteiger partial charge in [0.2, 0.25) is 0 Å². The van der Waals surface area contributed by atoms with Crippen LogP contribution in [0, 0.1) is 6.92 Å². The van der Waals surface area contributed by atoms with Crippen LogP contribution in [0.3, 0.4) is 0 Å². The molecule has 1 aliphatic rings. The molecule has 2 heterocycles. The van der Waals surface area contributed by atoms with Gasteiger partial charge in [0.1, 0.15) is 0 Å². The third-order valence-corrected chi connectivity index (χ3v) is 5.39. The highest BCUT2D eigenvalue weighted by Crippen LogP contribution is 2.27. The van der Waals surface area contributed by atoms with E-state index in [9.17, 15) is 4.79 Å². The topological polar surface area (TPSA) is 42.4 Å². The molecule has 1 aromatic carbocycles. The second-order valence-corrected chi connectivity index (χ2v) is 7.13. The molecule has 1 aliphatic heterocycles.